The van der Waals surface area contributed by atoms with Crippen LogP contribution in [0.4, 0.5) is 4.79 Å². The second kappa shape index (κ2) is 5.65. The minimum Gasteiger partial charge on any atom is -0.444 e. The van der Waals surface area contributed by atoms with Crippen LogP contribution in [0.1, 0.15) is 65.7 Å². The van der Waals surface area contributed by atoms with E-state index in [1.54, 1.807) is 0 Å². The van der Waals surface area contributed by atoms with Crippen molar-refractivity contribution in [2.75, 3.05) is 0 Å². The molecule has 5 aliphatic carbocycles. The zero-order chi connectivity index (χ0) is 16.2. The standard InChI is InChI=1S/C19H32N2O2/c1-19(2,3)23-18(22)21-16-9-15(10-16)20-17-13-5-11-4-12(7-13)8-14(17)6-11/h11-17,20H,4-10H2,1-3H3,(H,21,22). The summed E-state index contributed by atoms with van der Waals surface area (Å²) in [5.41, 5.74) is -0.411. The number of nitrogens with one attached hydrogen (secondary N) is 2. The third-order valence-corrected chi connectivity index (χ3v) is 6.51. The fourth-order valence-electron chi connectivity index (χ4n) is 5.82. The van der Waals surface area contributed by atoms with E-state index in [1.807, 2.05) is 20.8 Å². The average molecular weight is 320 g/mol. The van der Waals surface area contributed by atoms with Gasteiger partial charge in [0.25, 0.3) is 0 Å². The van der Waals surface area contributed by atoms with Crippen molar-refractivity contribution in [2.45, 2.75) is 89.4 Å². The van der Waals surface area contributed by atoms with Crippen LogP contribution < -0.4 is 10.6 Å². The molecule has 2 N–H and O–H groups in total. The van der Waals surface area contributed by atoms with Crippen LogP contribution >= 0.6 is 0 Å². The summed E-state index contributed by atoms with van der Waals surface area (Å²) in [7, 11) is 0. The number of amides is 1. The highest BCUT2D eigenvalue weighted by molar-refractivity contribution is 5.68. The first-order chi connectivity index (χ1) is 10.9. The SMILES string of the molecule is CC(C)(C)OC(=O)NC1CC(NC2C3CC4CC(C3)CC2C4)C1. The molecule has 23 heavy (non-hydrogen) atoms. The number of hydrogen-bond donors (Lipinski definition) is 2. The van der Waals surface area contributed by atoms with Crippen molar-refractivity contribution >= 4 is 6.09 Å². The van der Waals surface area contributed by atoms with Gasteiger partial charge in [0.2, 0.25) is 0 Å². The van der Waals surface area contributed by atoms with Gasteiger partial charge >= 0.3 is 6.09 Å². The second-order valence-corrected chi connectivity index (χ2v) is 9.63. The molecule has 5 aliphatic rings. The molecule has 4 heteroatoms. The Kier molecular flexibility index (Phi) is 3.86. The zero-order valence-electron chi connectivity index (χ0n) is 14.8. The fraction of sp³-hybridized carbons (Fsp3) is 0.947. The van der Waals surface area contributed by atoms with Crippen molar-refractivity contribution in [3.63, 3.8) is 0 Å². The Hall–Kier alpha value is -0.770. The van der Waals surface area contributed by atoms with Crippen LogP contribution in [-0.2, 0) is 4.74 Å². The molecule has 5 saturated carbocycles. The summed E-state index contributed by atoms with van der Waals surface area (Å²) in [5.74, 6) is 3.95. The average Bonchev–Trinajstić information content (AvgIpc) is 2.36. The number of ether oxygens (including phenoxy) is 1. The Balaban J connectivity index is 1.22. The summed E-state index contributed by atoms with van der Waals surface area (Å²) in [6.07, 6.45) is 9.24. The van der Waals surface area contributed by atoms with E-state index in [0.29, 0.717) is 12.1 Å². The van der Waals surface area contributed by atoms with E-state index >= 15 is 0 Å². The molecule has 1 amide bonds. The van der Waals surface area contributed by atoms with Crippen molar-refractivity contribution < 1.29 is 9.53 Å². The van der Waals surface area contributed by atoms with Crippen LogP contribution in [0.15, 0.2) is 0 Å². The van der Waals surface area contributed by atoms with Crippen LogP contribution in [0.5, 0.6) is 0 Å². The normalized spacial score (nSPS) is 44.7. The summed E-state index contributed by atoms with van der Waals surface area (Å²) >= 11 is 0. The molecule has 4 bridgehead atoms. The third-order valence-electron chi connectivity index (χ3n) is 6.51. The van der Waals surface area contributed by atoms with E-state index in [1.165, 1.54) is 32.1 Å². The lowest BCUT2D eigenvalue weighted by Gasteiger charge is -2.56. The van der Waals surface area contributed by atoms with Crippen molar-refractivity contribution in [1.82, 2.24) is 10.6 Å². The molecule has 0 aliphatic heterocycles. The molecule has 0 unspecified atom stereocenters. The minimum absolute atomic E-state index is 0.268. The quantitative estimate of drug-likeness (QED) is 0.837. The van der Waals surface area contributed by atoms with Gasteiger partial charge in [-0.1, -0.05) is 0 Å². The van der Waals surface area contributed by atoms with Crippen molar-refractivity contribution in [2.24, 2.45) is 23.7 Å². The maximum atomic E-state index is 11.8. The van der Waals surface area contributed by atoms with Crippen molar-refractivity contribution in [3.8, 4) is 0 Å². The van der Waals surface area contributed by atoms with Gasteiger partial charge in [0.15, 0.2) is 0 Å². The first-order valence-corrected chi connectivity index (χ1v) is 9.61. The largest absolute Gasteiger partial charge is 0.444 e. The smallest absolute Gasteiger partial charge is 0.407 e. The maximum absolute atomic E-state index is 11.8. The van der Waals surface area contributed by atoms with Gasteiger partial charge < -0.3 is 15.4 Å². The maximum Gasteiger partial charge on any atom is 0.407 e. The number of hydrogen-bond acceptors (Lipinski definition) is 3. The monoisotopic (exact) mass is 320 g/mol. The summed E-state index contributed by atoms with van der Waals surface area (Å²) in [4.78, 5) is 11.8. The number of alkyl carbamates (subject to hydrolysis) is 1. The molecular weight excluding hydrogens is 288 g/mol. The van der Waals surface area contributed by atoms with Crippen LogP contribution in [0.3, 0.4) is 0 Å². The van der Waals surface area contributed by atoms with Gasteiger partial charge in [-0.25, -0.2) is 4.79 Å². The molecule has 0 aromatic rings. The number of carbonyl (C=O) groups is 1. The topological polar surface area (TPSA) is 50.4 Å². The lowest BCUT2D eigenvalue weighted by atomic mass is 9.54. The molecule has 0 aromatic carbocycles. The van der Waals surface area contributed by atoms with E-state index in [4.69, 9.17) is 4.74 Å². The highest BCUT2D eigenvalue weighted by Crippen LogP contribution is 2.54. The molecule has 130 valence electrons. The molecule has 0 spiro atoms. The molecule has 5 rings (SSSR count). The van der Waals surface area contributed by atoms with Gasteiger partial charge in [-0.15, -0.1) is 0 Å². The zero-order valence-corrected chi connectivity index (χ0v) is 14.8. The van der Waals surface area contributed by atoms with E-state index in [2.05, 4.69) is 10.6 Å². The number of carbonyl (C=O) groups excluding carboxylic acids is 1. The number of rotatable bonds is 3. The Morgan fingerprint density at radius 2 is 1.43 bits per heavy atom. The first kappa shape index (κ1) is 15.7. The summed E-state index contributed by atoms with van der Waals surface area (Å²) in [5, 5.41) is 6.96. The molecular formula is C19H32N2O2. The van der Waals surface area contributed by atoms with Gasteiger partial charge in [0.1, 0.15) is 5.60 Å². The van der Waals surface area contributed by atoms with Gasteiger partial charge in [0.05, 0.1) is 0 Å². The van der Waals surface area contributed by atoms with Gasteiger partial charge in [-0.05, 0) is 89.4 Å². The molecule has 5 fully saturated rings. The predicted molar refractivity (Wildman–Crippen MR) is 90.1 cm³/mol. The molecule has 0 heterocycles. The van der Waals surface area contributed by atoms with Gasteiger partial charge in [-0.3, -0.25) is 0 Å². The van der Waals surface area contributed by atoms with Crippen LogP contribution in [-0.4, -0.2) is 29.8 Å². The summed E-state index contributed by atoms with van der Waals surface area (Å²) in [6.45, 7) is 5.72. The van der Waals surface area contributed by atoms with Crippen molar-refractivity contribution in [1.29, 1.82) is 0 Å². The Labute approximate surface area is 140 Å². The first-order valence-electron chi connectivity index (χ1n) is 9.61. The van der Waals surface area contributed by atoms with Gasteiger partial charge in [0, 0.05) is 18.1 Å². The predicted octanol–water partition coefficient (Wildman–Crippen LogP) is 3.46. The summed E-state index contributed by atoms with van der Waals surface area (Å²) in [6, 6.07) is 1.65. The fourth-order valence-corrected chi connectivity index (χ4v) is 5.82. The second-order valence-electron chi connectivity index (χ2n) is 9.63. The van der Waals surface area contributed by atoms with E-state index in [-0.39, 0.29) is 6.09 Å². The van der Waals surface area contributed by atoms with Crippen LogP contribution in [0, 0.1) is 23.7 Å². The molecule has 0 aromatic heterocycles. The Morgan fingerprint density at radius 1 is 0.870 bits per heavy atom. The molecule has 0 radical (unpaired) electrons. The Bertz CT molecular complexity index is 436. The molecule has 0 atom stereocenters. The lowest BCUT2D eigenvalue weighted by molar-refractivity contribution is -0.0232. The molecule has 4 nitrogen and oxygen atoms in total. The van der Waals surface area contributed by atoms with Crippen molar-refractivity contribution in [3.05, 3.63) is 0 Å². The van der Waals surface area contributed by atoms with Gasteiger partial charge in [-0.2, -0.15) is 0 Å². The van der Waals surface area contributed by atoms with E-state index in [9.17, 15) is 4.79 Å². The highest BCUT2D eigenvalue weighted by Gasteiger charge is 2.49. The summed E-state index contributed by atoms with van der Waals surface area (Å²) < 4.78 is 5.34. The van der Waals surface area contributed by atoms with E-state index < -0.39 is 5.60 Å². The third kappa shape index (κ3) is 3.38. The van der Waals surface area contributed by atoms with Crippen LogP contribution in [0.25, 0.3) is 0 Å². The van der Waals surface area contributed by atoms with E-state index in [0.717, 1.165) is 42.6 Å². The Morgan fingerprint density at radius 3 is 1.96 bits per heavy atom. The lowest BCUT2D eigenvalue weighted by Crippen LogP contribution is -2.61. The molecule has 0 saturated heterocycles. The van der Waals surface area contributed by atoms with Crippen LogP contribution in [0.2, 0.25) is 0 Å². The minimum atomic E-state index is -0.411. The highest BCUT2D eigenvalue weighted by atomic mass is 16.6.